The number of fused-ring (bicyclic) bond motifs is 1. The topological polar surface area (TPSA) is 117 Å². The molecule has 0 radical (unpaired) electrons. The molecule has 0 atom stereocenters. The molecule has 4 rings (SSSR count). The SMILES string of the molecule is Cn1c(=O)[nH]c(=O)c2c1nc(N/N=C\c1ccccc1O)n2Cc1ccc(F)cc1. The molecule has 0 saturated carbocycles. The molecule has 0 bridgehead atoms. The fourth-order valence-electron chi connectivity index (χ4n) is 3.00. The maximum atomic E-state index is 13.3. The second-order valence-electron chi connectivity index (χ2n) is 6.57. The van der Waals surface area contributed by atoms with Crippen LogP contribution in [0.25, 0.3) is 11.2 Å². The smallest absolute Gasteiger partial charge is 0.329 e. The first-order valence-electron chi connectivity index (χ1n) is 8.95. The predicted octanol–water partition coefficient (Wildman–Crippen LogP) is 1.76. The van der Waals surface area contributed by atoms with Gasteiger partial charge in [-0.1, -0.05) is 24.3 Å². The summed E-state index contributed by atoms with van der Waals surface area (Å²) in [5.74, 6) is -0.116. The number of aromatic amines is 1. The van der Waals surface area contributed by atoms with Gasteiger partial charge in [-0.25, -0.2) is 14.6 Å². The Balaban J connectivity index is 1.79. The third-order valence-electron chi connectivity index (χ3n) is 4.57. The van der Waals surface area contributed by atoms with E-state index < -0.39 is 11.2 Å². The molecule has 9 nitrogen and oxygen atoms in total. The zero-order valence-corrected chi connectivity index (χ0v) is 15.8. The fourth-order valence-corrected chi connectivity index (χ4v) is 3.00. The van der Waals surface area contributed by atoms with Gasteiger partial charge < -0.3 is 5.11 Å². The first-order valence-corrected chi connectivity index (χ1v) is 8.95. The van der Waals surface area contributed by atoms with Crippen molar-refractivity contribution < 1.29 is 9.50 Å². The van der Waals surface area contributed by atoms with Crippen LogP contribution in [-0.4, -0.2) is 30.4 Å². The molecule has 2 heterocycles. The molecule has 152 valence electrons. The number of hydrogen-bond acceptors (Lipinski definition) is 6. The maximum absolute atomic E-state index is 13.3. The van der Waals surface area contributed by atoms with E-state index in [1.807, 2.05) is 0 Å². The van der Waals surface area contributed by atoms with Gasteiger partial charge in [0.1, 0.15) is 11.6 Å². The van der Waals surface area contributed by atoms with Crippen LogP contribution in [0.2, 0.25) is 0 Å². The number of benzene rings is 2. The number of para-hydroxylation sites is 1. The average molecular weight is 408 g/mol. The van der Waals surface area contributed by atoms with E-state index in [0.717, 1.165) is 5.56 Å². The molecule has 2 aromatic carbocycles. The third-order valence-corrected chi connectivity index (χ3v) is 4.57. The minimum Gasteiger partial charge on any atom is -0.507 e. The van der Waals surface area contributed by atoms with E-state index in [1.165, 1.54) is 36.0 Å². The van der Waals surface area contributed by atoms with Crippen molar-refractivity contribution in [3.05, 3.63) is 86.3 Å². The summed E-state index contributed by atoms with van der Waals surface area (Å²) in [6.07, 6.45) is 1.40. The number of nitrogens with one attached hydrogen (secondary N) is 2. The van der Waals surface area contributed by atoms with Crippen molar-refractivity contribution in [1.29, 1.82) is 0 Å². The van der Waals surface area contributed by atoms with Crippen molar-refractivity contribution >= 4 is 23.3 Å². The van der Waals surface area contributed by atoms with E-state index in [4.69, 9.17) is 0 Å². The first kappa shape index (κ1) is 19.1. The fraction of sp³-hybridized carbons (Fsp3) is 0.100. The second-order valence-corrected chi connectivity index (χ2v) is 6.57. The molecule has 0 spiro atoms. The van der Waals surface area contributed by atoms with E-state index in [2.05, 4.69) is 20.5 Å². The summed E-state index contributed by atoms with van der Waals surface area (Å²) in [5, 5.41) is 13.9. The number of H-pyrrole nitrogens is 1. The van der Waals surface area contributed by atoms with Gasteiger partial charge in [0.25, 0.3) is 5.56 Å². The summed E-state index contributed by atoms with van der Waals surface area (Å²) in [6, 6.07) is 12.5. The Morgan fingerprint density at radius 2 is 1.93 bits per heavy atom. The minimum atomic E-state index is -0.597. The van der Waals surface area contributed by atoms with Crippen molar-refractivity contribution in [2.45, 2.75) is 6.54 Å². The second kappa shape index (κ2) is 7.66. The lowest BCUT2D eigenvalue weighted by molar-refractivity contribution is 0.474. The summed E-state index contributed by atoms with van der Waals surface area (Å²) >= 11 is 0. The molecule has 0 fully saturated rings. The van der Waals surface area contributed by atoms with Crippen LogP contribution >= 0.6 is 0 Å². The number of hydrogen-bond donors (Lipinski definition) is 3. The number of hydrazone groups is 1. The van der Waals surface area contributed by atoms with Crippen LogP contribution in [0, 0.1) is 5.82 Å². The molecule has 0 amide bonds. The number of anilines is 1. The van der Waals surface area contributed by atoms with Crippen LogP contribution in [-0.2, 0) is 13.6 Å². The van der Waals surface area contributed by atoms with Gasteiger partial charge in [0, 0.05) is 12.6 Å². The van der Waals surface area contributed by atoms with Crippen LogP contribution < -0.4 is 16.7 Å². The molecular weight excluding hydrogens is 391 g/mol. The zero-order valence-electron chi connectivity index (χ0n) is 15.8. The van der Waals surface area contributed by atoms with Gasteiger partial charge in [-0.15, -0.1) is 0 Å². The Morgan fingerprint density at radius 1 is 1.20 bits per heavy atom. The average Bonchev–Trinajstić information content (AvgIpc) is 3.08. The number of rotatable bonds is 5. The molecule has 0 aliphatic heterocycles. The standard InChI is InChI=1S/C20H17FN6O3/c1-26-17-16(18(29)24-20(26)30)27(11-12-6-8-14(21)9-7-12)19(23-17)25-22-10-13-4-2-3-5-15(13)28/h2-10,28H,11H2,1H3,(H,23,25)(H,24,29,30)/b22-10-. The minimum absolute atomic E-state index is 0.0571. The molecule has 0 aliphatic rings. The van der Waals surface area contributed by atoms with Gasteiger partial charge in [-0.05, 0) is 29.8 Å². The molecule has 0 unspecified atom stereocenters. The van der Waals surface area contributed by atoms with E-state index >= 15 is 0 Å². The molecule has 4 aromatic rings. The summed E-state index contributed by atoms with van der Waals surface area (Å²) in [5.41, 5.74) is 3.10. The summed E-state index contributed by atoms with van der Waals surface area (Å²) < 4.78 is 16.0. The zero-order chi connectivity index (χ0) is 21.3. The molecule has 0 saturated heterocycles. The number of nitrogens with zero attached hydrogens (tertiary/aromatic N) is 4. The third kappa shape index (κ3) is 3.58. The predicted molar refractivity (Wildman–Crippen MR) is 110 cm³/mol. The summed E-state index contributed by atoms with van der Waals surface area (Å²) in [6.45, 7) is 0.187. The van der Waals surface area contributed by atoms with E-state index in [1.54, 1.807) is 34.9 Å². The molecule has 0 aliphatic carbocycles. The van der Waals surface area contributed by atoms with Gasteiger partial charge >= 0.3 is 5.69 Å². The van der Waals surface area contributed by atoms with Gasteiger partial charge in [0.2, 0.25) is 5.95 Å². The number of aromatic nitrogens is 4. The van der Waals surface area contributed by atoms with Crippen molar-refractivity contribution in [2.75, 3.05) is 5.43 Å². The highest BCUT2D eigenvalue weighted by molar-refractivity contribution is 5.83. The van der Waals surface area contributed by atoms with Crippen LogP contribution in [0.15, 0.2) is 63.2 Å². The molecule has 30 heavy (non-hydrogen) atoms. The highest BCUT2D eigenvalue weighted by atomic mass is 19.1. The van der Waals surface area contributed by atoms with Gasteiger partial charge in [0.15, 0.2) is 11.2 Å². The van der Waals surface area contributed by atoms with Crippen molar-refractivity contribution in [1.82, 2.24) is 19.1 Å². The van der Waals surface area contributed by atoms with Crippen LogP contribution in [0.5, 0.6) is 5.75 Å². The summed E-state index contributed by atoms with van der Waals surface area (Å²) in [7, 11) is 1.49. The summed E-state index contributed by atoms with van der Waals surface area (Å²) in [4.78, 5) is 31.0. The van der Waals surface area contributed by atoms with Gasteiger partial charge in [0.05, 0.1) is 12.8 Å². The molecule has 10 heteroatoms. The maximum Gasteiger partial charge on any atom is 0.329 e. The lowest BCUT2D eigenvalue weighted by Gasteiger charge is -2.08. The highest BCUT2D eigenvalue weighted by Crippen LogP contribution is 2.18. The van der Waals surface area contributed by atoms with Crippen LogP contribution in [0.1, 0.15) is 11.1 Å². The van der Waals surface area contributed by atoms with E-state index in [-0.39, 0.29) is 35.2 Å². The van der Waals surface area contributed by atoms with Gasteiger partial charge in [-0.2, -0.15) is 10.1 Å². The molecule has 2 aromatic heterocycles. The lowest BCUT2D eigenvalue weighted by Crippen LogP contribution is -2.29. The highest BCUT2D eigenvalue weighted by Gasteiger charge is 2.17. The van der Waals surface area contributed by atoms with Crippen LogP contribution in [0.3, 0.4) is 0 Å². The Hall–Kier alpha value is -4.21. The molecular formula is C20H17FN6O3. The first-order chi connectivity index (χ1) is 14.4. The van der Waals surface area contributed by atoms with Crippen molar-refractivity contribution in [2.24, 2.45) is 12.1 Å². The number of halogens is 1. The van der Waals surface area contributed by atoms with E-state index in [0.29, 0.717) is 5.56 Å². The van der Waals surface area contributed by atoms with Crippen LogP contribution in [0.4, 0.5) is 10.3 Å². The van der Waals surface area contributed by atoms with Crippen molar-refractivity contribution in [3.8, 4) is 5.75 Å². The lowest BCUT2D eigenvalue weighted by atomic mass is 10.2. The number of aromatic hydroxyl groups is 1. The van der Waals surface area contributed by atoms with Gasteiger partial charge in [-0.3, -0.25) is 18.9 Å². The quantitative estimate of drug-likeness (QED) is 0.344. The molecule has 3 N–H and O–H groups in total. The number of phenols is 1. The normalized spacial score (nSPS) is 11.4. The number of aryl methyl sites for hydroxylation is 1. The Kier molecular flexibility index (Phi) is 4.88. The van der Waals surface area contributed by atoms with E-state index in [9.17, 15) is 19.1 Å². The Morgan fingerprint density at radius 3 is 2.67 bits per heavy atom. The number of imidazole rings is 1. The van der Waals surface area contributed by atoms with Crippen molar-refractivity contribution in [3.63, 3.8) is 0 Å². The monoisotopic (exact) mass is 408 g/mol. The Bertz CT molecular complexity index is 1370. The number of phenolic OH excluding ortho intramolecular Hbond substituents is 1. The largest absolute Gasteiger partial charge is 0.507 e. The Labute approximate surface area is 168 Å².